The maximum atomic E-state index is 11.6. The molecule has 0 heterocycles. The molecule has 0 atom stereocenters. The molecule has 0 spiro atoms. The van der Waals surface area contributed by atoms with E-state index in [1.54, 1.807) is 20.3 Å². The van der Waals surface area contributed by atoms with Crippen molar-refractivity contribution in [2.75, 3.05) is 14.2 Å². The molecule has 2 rings (SSSR count). The standard InChI is InChI=1S/C19H20O3/c1-6-14-12(2)18(21-4)9-7-15(14)16-8-10-19(22-5)13(3)17(16)11-20/h6-11H,1H2,2-5H3. The van der Waals surface area contributed by atoms with Gasteiger partial charge >= 0.3 is 0 Å². The van der Waals surface area contributed by atoms with Crippen molar-refractivity contribution >= 4 is 12.4 Å². The zero-order valence-corrected chi connectivity index (χ0v) is 13.4. The lowest BCUT2D eigenvalue weighted by molar-refractivity contribution is 0.112. The number of aldehydes is 1. The van der Waals surface area contributed by atoms with Crippen molar-refractivity contribution < 1.29 is 14.3 Å². The van der Waals surface area contributed by atoms with Crippen molar-refractivity contribution in [3.8, 4) is 22.6 Å². The summed E-state index contributed by atoms with van der Waals surface area (Å²) in [6.07, 6.45) is 2.67. The Hall–Kier alpha value is -2.55. The summed E-state index contributed by atoms with van der Waals surface area (Å²) >= 11 is 0. The molecule has 0 aliphatic carbocycles. The van der Waals surface area contributed by atoms with Crippen molar-refractivity contribution in [3.63, 3.8) is 0 Å². The average Bonchev–Trinajstić information content (AvgIpc) is 2.54. The van der Waals surface area contributed by atoms with Crippen LogP contribution in [0.1, 0.15) is 27.0 Å². The Balaban J connectivity index is 2.77. The molecule has 0 bridgehead atoms. The molecule has 3 heteroatoms. The van der Waals surface area contributed by atoms with Crippen molar-refractivity contribution in [1.29, 1.82) is 0 Å². The molecule has 2 aromatic carbocycles. The van der Waals surface area contributed by atoms with Gasteiger partial charge in [0.25, 0.3) is 0 Å². The number of benzene rings is 2. The van der Waals surface area contributed by atoms with Crippen LogP contribution in [0.5, 0.6) is 11.5 Å². The molecular weight excluding hydrogens is 276 g/mol. The van der Waals surface area contributed by atoms with Gasteiger partial charge in [0.15, 0.2) is 6.29 Å². The van der Waals surface area contributed by atoms with E-state index in [9.17, 15) is 4.79 Å². The fourth-order valence-electron chi connectivity index (χ4n) is 2.74. The van der Waals surface area contributed by atoms with Crippen LogP contribution < -0.4 is 9.47 Å². The normalized spacial score (nSPS) is 10.2. The number of rotatable bonds is 5. The molecule has 0 aromatic heterocycles. The van der Waals surface area contributed by atoms with Gasteiger partial charge in [0.1, 0.15) is 11.5 Å². The minimum absolute atomic E-state index is 0.631. The third-order valence-electron chi connectivity index (χ3n) is 3.98. The first-order valence-corrected chi connectivity index (χ1v) is 7.02. The van der Waals surface area contributed by atoms with Crippen LogP contribution in [-0.2, 0) is 0 Å². The van der Waals surface area contributed by atoms with Gasteiger partial charge in [-0.15, -0.1) is 0 Å². The predicted molar refractivity (Wildman–Crippen MR) is 89.9 cm³/mol. The lowest BCUT2D eigenvalue weighted by Crippen LogP contribution is -1.99. The summed E-state index contributed by atoms with van der Waals surface area (Å²) in [6, 6.07) is 7.65. The van der Waals surface area contributed by atoms with Crippen LogP contribution in [0.2, 0.25) is 0 Å². The largest absolute Gasteiger partial charge is 0.496 e. The van der Waals surface area contributed by atoms with E-state index in [4.69, 9.17) is 9.47 Å². The molecule has 0 N–H and O–H groups in total. The van der Waals surface area contributed by atoms with Gasteiger partial charge in [0, 0.05) is 11.1 Å². The molecule has 0 amide bonds. The van der Waals surface area contributed by atoms with Crippen LogP contribution in [-0.4, -0.2) is 20.5 Å². The number of hydrogen-bond donors (Lipinski definition) is 0. The van der Waals surface area contributed by atoms with E-state index in [0.29, 0.717) is 11.3 Å². The van der Waals surface area contributed by atoms with Crippen LogP contribution in [0, 0.1) is 13.8 Å². The topological polar surface area (TPSA) is 35.5 Å². The number of carbonyl (C=O) groups excluding carboxylic acids is 1. The molecule has 3 nitrogen and oxygen atoms in total. The average molecular weight is 296 g/mol. The molecule has 114 valence electrons. The highest BCUT2D eigenvalue weighted by molar-refractivity contribution is 5.93. The molecule has 0 fully saturated rings. The summed E-state index contributed by atoms with van der Waals surface area (Å²) in [7, 11) is 3.24. The fraction of sp³-hybridized carbons (Fsp3) is 0.211. The van der Waals surface area contributed by atoms with Crippen molar-refractivity contribution in [3.05, 3.63) is 53.1 Å². The molecule has 0 radical (unpaired) electrons. The van der Waals surface area contributed by atoms with Gasteiger partial charge in [-0.1, -0.05) is 18.7 Å². The Labute approximate surface area is 131 Å². The summed E-state index contributed by atoms with van der Waals surface area (Å²) in [5.41, 5.74) is 5.26. The first-order chi connectivity index (χ1) is 10.6. The Morgan fingerprint density at radius 2 is 1.32 bits per heavy atom. The summed E-state index contributed by atoms with van der Waals surface area (Å²) in [6.45, 7) is 7.76. The van der Waals surface area contributed by atoms with Crippen LogP contribution >= 0.6 is 0 Å². The number of hydrogen-bond acceptors (Lipinski definition) is 3. The van der Waals surface area contributed by atoms with Crippen molar-refractivity contribution in [1.82, 2.24) is 0 Å². The molecule has 2 aromatic rings. The van der Waals surface area contributed by atoms with Crippen LogP contribution in [0.15, 0.2) is 30.8 Å². The van der Waals surface area contributed by atoms with Crippen LogP contribution in [0.4, 0.5) is 0 Å². The molecule has 0 saturated carbocycles. The van der Waals surface area contributed by atoms with E-state index < -0.39 is 0 Å². The first-order valence-electron chi connectivity index (χ1n) is 7.02. The Kier molecular flexibility index (Phi) is 4.66. The Morgan fingerprint density at radius 3 is 1.73 bits per heavy atom. The van der Waals surface area contributed by atoms with E-state index in [1.165, 1.54) is 0 Å². The summed E-state index contributed by atoms with van der Waals surface area (Å²) in [4.78, 5) is 11.6. The van der Waals surface area contributed by atoms with Gasteiger partial charge in [-0.2, -0.15) is 0 Å². The number of carbonyl (C=O) groups is 1. The third kappa shape index (κ3) is 2.50. The second kappa shape index (κ2) is 6.48. The fourth-order valence-corrected chi connectivity index (χ4v) is 2.74. The highest BCUT2D eigenvalue weighted by Gasteiger charge is 2.16. The van der Waals surface area contributed by atoms with Crippen molar-refractivity contribution in [2.45, 2.75) is 13.8 Å². The molecule has 0 unspecified atom stereocenters. The number of methoxy groups -OCH3 is 2. The van der Waals surface area contributed by atoms with Gasteiger partial charge in [-0.25, -0.2) is 0 Å². The van der Waals surface area contributed by atoms with Gasteiger partial charge < -0.3 is 9.47 Å². The van der Waals surface area contributed by atoms with E-state index in [0.717, 1.165) is 39.9 Å². The SMILES string of the molecule is C=Cc1c(-c2ccc(OC)c(C)c2C=O)ccc(OC)c1C. The van der Waals surface area contributed by atoms with E-state index in [1.807, 2.05) is 38.1 Å². The van der Waals surface area contributed by atoms with Gasteiger partial charge in [0.2, 0.25) is 0 Å². The second-order valence-electron chi connectivity index (χ2n) is 5.03. The van der Waals surface area contributed by atoms with Crippen LogP contribution in [0.25, 0.3) is 17.2 Å². The zero-order chi connectivity index (χ0) is 16.3. The summed E-state index contributed by atoms with van der Waals surface area (Å²) in [5, 5.41) is 0. The summed E-state index contributed by atoms with van der Waals surface area (Å²) in [5.74, 6) is 1.51. The van der Waals surface area contributed by atoms with E-state index in [2.05, 4.69) is 6.58 Å². The van der Waals surface area contributed by atoms with Gasteiger partial charge in [-0.3, -0.25) is 4.79 Å². The Morgan fingerprint density at radius 1 is 0.864 bits per heavy atom. The highest BCUT2D eigenvalue weighted by Crippen LogP contribution is 2.36. The molecule has 0 aliphatic heterocycles. The molecule has 0 saturated heterocycles. The van der Waals surface area contributed by atoms with Crippen LogP contribution in [0.3, 0.4) is 0 Å². The summed E-state index contributed by atoms with van der Waals surface area (Å²) < 4.78 is 10.7. The van der Waals surface area contributed by atoms with E-state index in [-0.39, 0.29) is 0 Å². The Bertz CT molecular complexity index is 666. The lowest BCUT2D eigenvalue weighted by Gasteiger charge is -2.16. The molecular formula is C19H20O3. The second-order valence-corrected chi connectivity index (χ2v) is 5.03. The van der Waals surface area contributed by atoms with Crippen molar-refractivity contribution in [2.24, 2.45) is 0 Å². The first kappa shape index (κ1) is 15.8. The third-order valence-corrected chi connectivity index (χ3v) is 3.98. The maximum absolute atomic E-state index is 11.6. The minimum atomic E-state index is 0.631. The monoisotopic (exact) mass is 296 g/mol. The quantitative estimate of drug-likeness (QED) is 0.765. The van der Waals surface area contributed by atoms with Gasteiger partial charge in [-0.05, 0) is 54.3 Å². The van der Waals surface area contributed by atoms with Gasteiger partial charge in [0.05, 0.1) is 14.2 Å². The lowest BCUT2D eigenvalue weighted by atomic mass is 9.90. The number of ether oxygens (including phenoxy) is 2. The van der Waals surface area contributed by atoms with E-state index >= 15 is 0 Å². The maximum Gasteiger partial charge on any atom is 0.151 e. The highest BCUT2D eigenvalue weighted by atomic mass is 16.5. The molecule has 0 aliphatic rings. The minimum Gasteiger partial charge on any atom is -0.496 e. The smallest absolute Gasteiger partial charge is 0.151 e. The zero-order valence-electron chi connectivity index (χ0n) is 13.4. The predicted octanol–water partition coefficient (Wildman–Crippen LogP) is 4.44. The molecule has 22 heavy (non-hydrogen) atoms.